The number of hydrogen-bond donors (Lipinski definition) is 2. The third-order valence-corrected chi connectivity index (χ3v) is 5.38. The van der Waals surface area contributed by atoms with Crippen LogP contribution < -0.4 is 10.6 Å². The van der Waals surface area contributed by atoms with Crippen molar-refractivity contribution in [3.63, 3.8) is 0 Å². The van der Waals surface area contributed by atoms with Gasteiger partial charge in [0.2, 0.25) is 0 Å². The van der Waals surface area contributed by atoms with E-state index >= 15 is 0 Å². The van der Waals surface area contributed by atoms with Crippen molar-refractivity contribution in [3.05, 3.63) is 0 Å². The lowest BCUT2D eigenvalue weighted by molar-refractivity contribution is 0.323. The molecule has 144 valence electrons. The Kier molecular flexibility index (Phi) is 10.8. The van der Waals surface area contributed by atoms with E-state index in [0.29, 0.717) is 19.0 Å². The molecular weight excluding hydrogens is 437 g/mol. The maximum Gasteiger partial charge on any atom is 0.191 e. The van der Waals surface area contributed by atoms with Gasteiger partial charge in [-0.1, -0.05) is 33.6 Å². The van der Waals surface area contributed by atoms with E-state index < -0.39 is 9.84 Å². The number of halogens is 1. The van der Waals surface area contributed by atoms with Crippen LogP contribution in [0.25, 0.3) is 0 Å². The first-order valence-electron chi connectivity index (χ1n) is 8.84. The zero-order valence-electron chi connectivity index (χ0n) is 15.9. The highest BCUT2D eigenvalue weighted by Gasteiger charge is 2.22. The minimum absolute atomic E-state index is 0. The maximum absolute atomic E-state index is 11.4. The minimum atomic E-state index is -2.91. The Morgan fingerprint density at radius 1 is 1.29 bits per heavy atom. The first-order valence-corrected chi connectivity index (χ1v) is 10.9. The average molecular weight is 473 g/mol. The van der Waals surface area contributed by atoms with Crippen LogP contribution in [-0.4, -0.2) is 45.5 Å². The summed E-state index contributed by atoms with van der Waals surface area (Å²) in [7, 11) is -2.91. The van der Waals surface area contributed by atoms with Crippen LogP contribution in [0.4, 0.5) is 0 Å². The molecule has 0 aromatic rings. The third-order valence-electron chi connectivity index (χ3n) is 4.44. The lowest BCUT2D eigenvalue weighted by atomic mass is 9.87. The quantitative estimate of drug-likeness (QED) is 0.339. The van der Waals surface area contributed by atoms with E-state index in [9.17, 15) is 8.42 Å². The SMILES string of the molecule is CCNC(=NCC(C)(C)CCS(C)(=O)=O)NC1CCCC(C)C1.I. The van der Waals surface area contributed by atoms with Gasteiger partial charge < -0.3 is 10.6 Å². The topological polar surface area (TPSA) is 70.6 Å². The highest BCUT2D eigenvalue weighted by molar-refractivity contribution is 14.0. The summed E-state index contributed by atoms with van der Waals surface area (Å²) in [6.45, 7) is 9.99. The van der Waals surface area contributed by atoms with E-state index in [2.05, 4.69) is 38.3 Å². The molecular formula is C17H36IN3O2S. The predicted molar refractivity (Wildman–Crippen MR) is 114 cm³/mol. The number of aliphatic imine (C=N–C) groups is 1. The molecule has 0 radical (unpaired) electrons. The summed E-state index contributed by atoms with van der Waals surface area (Å²) >= 11 is 0. The van der Waals surface area contributed by atoms with Crippen molar-refractivity contribution in [2.45, 2.75) is 65.8 Å². The first kappa shape index (κ1) is 23.9. The molecule has 24 heavy (non-hydrogen) atoms. The molecule has 1 fully saturated rings. The Balaban J connectivity index is 0.00000529. The Morgan fingerprint density at radius 3 is 2.50 bits per heavy atom. The fraction of sp³-hybridized carbons (Fsp3) is 0.941. The fourth-order valence-corrected chi connectivity index (χ4v) is 3.84. The number of hydrogen-bond acceptors (Lipinski definition) is 3. The molecule has 0 spiro atoms. The van der Waals surface area contributed by atoms with Gasteiger partial charge in [0.15, 0.2) is 5.96 Å². The molecule has 0 heterocycles. The summed E-state index contributed by atoms with van der Waals surface area (Å²) in [6.07, 6.45) is 6.92. The summed E-state index contributed by atoms with van der Waals surface area (Å²) in [4.78, 5) is 4.70. The second kappa shape index (κ2) is 10.8. The highest BCUT2D eigenvalue weighted by atomic mass is 127. The van der Waals surface area contributed by atoms with Crippen molar-refractivity contribution in [3.8, 4) is 0 Å². The molecule has 0 aromatic carbocycles. The second-order valence-electron chi connectivity index (χ2n) is 7.85. The smallest absolute Gasteiger partial charge is 0.191 e. The zero-order valence-corrected chi connectivity index (χ0v) is 19.0. The number of rotatable bonds is 7. The lowest BCUT2D eigenvalue weighted by Crippen LogP contribution is -2.45. The van der Waals surface area contributed by atoms with Gasteiger partial charge in [0, 0.05) is 25.4 Å². The monoisotopic (exact) mass is 473 g/mol. The largest absolute Gasteiger partial charge is 0.357 e. The Morgan fingerprint density at radius 2 is 1.96 bits per heavy atom. The van der Waals surface area contributed by atoms with Gasteiger partial charge in [0.25, 0.3) is 0 Å². The van der Waals surface area contributed by atoms with Crippen molar-refractivity contribution < 1.29 is 8.42 Å². The number of guanidine groups is 1. The van der Waals surface area contributed by atoms with Gasteiger partial charge in [-0.25, -0.2) is 8.42 Å². The molecule has 1 aliphatic carbocycles. The summed E-state index contributed by atoms with van der Waals surface area (Å²) in [6, 6.07) is 0.496. The molecule has 2 N–H and O–H groups in total. The molecule has 2 unspecified atom stereocenters. The fourth-order valence-electron chi connectivity index (χ4n) is 2.91. The van der Waals surface area contributed by atoms with Gasteiger partial charge in [-0.15, -0.1) is 24.0 Å². The van der Waals surface area contributed by atoms with Gasteiger partial charge >= 0.3 is 0 Å². The summed E-state index contributed by atoms with van der Waals surface area (Å²) in [5.74, 6) is 1.86. The van der Waals surface area contributed by atoms with Crippen LogP contribution in [0.1, 0.15) is 59.8 Å². The predicted octanol–water partition coefficient (Wildman–Crippen LogP) is 3.20. The Labute approximate surface area is 165 Å². The summed E-state index contributed by atoms with van der Waals surface area (Å²) < 4.78 is 22.7. The number of nitrogens with one attached hydrogen (secondary N) is 2. The molecule has 1 rings (SSSR count). The normalized spacial score (nSPS) is 22.6. The highest BCUT2D eigenvalue weighted by Crippen LogP contribution is 2.24. The van der Waals surface area contributed by atoms with Gasteiger partial charge in [-0.2, -0.15) is 0 Å². The number of sulfone groups is 1. The van der Waals surface area contributed by atoms with Crippen molar-refractivity contribution in [2.24, 2.45) is 16.3 Å². The van der Waals surface area contributed by atoms with Gasteiger partial charge in [-0.05, 0) is 37.5 Å². The molecule has 0 aromatic heterocycles. The summed E-state index contributed by atoms with van der Waals surface area (Å²) in [5, 5.41) is 6.86. The average Bonchev–Trinajstić information content (AvgIpc) is 2.43. The van der Waals surface area contributed by atoms with Gasteiger partial charge in [-0.3, -0.25) is 4.99 Å². The molecule has 1 aliphatic rings. The number of nitrogens with zero attached hydrogens (tertiary/aromatic N) is 1. The molecule has 2 atom stereocenters. The third kappa shape index (κ3) is 10.7. The molecule has 0 bridgehead atoms. The lowest BCUT2D eigenvalue weighted by Gasteiger charge is -2.29. The standard InChI is InChI=1S/C17H35N3O2S.HI/c1-6-18-16(20-15-9-7-8-14(2)12-15)19-13-17(3,4)10-11-23(5,21)22;/h14-15H,6-13H2,1-5H3,(H2,18,19,20);1H. The van der Waals surface area contributed by atoms with Crippen molar-refractivity contribution in [1.29, 1.82) is 0 Å². The van der Waals surface area contributed by atoms with Crippen LogP contribution in [-0.2, 0) is 9.84 Å². The molecule has 0 aliphatic heterocycles. The zero-order chi connectivity index (χ0) is 17.5. The van der Waals surface area contributed by atoms with Crippen LogP contribution in [0.2, 0.25) is 0 Å². The van der Waals surface area contributed by atoms with Crippen molar-refractivity contribution >= 4 is 39.8 Å². The molecule has 5 nitrogen and oxygen atoms in total. The van der Waals surface area contributed by atoms with Crippen LogP contribution in [0.15, 0.2) is 4.99 Å². The first-order chi connectivity index (χ1) is 10.6. The Bertz CT molecular complexity index is 492. The molecule has 7 heteroatoms. The van der Waals surface area contributed by atoms with Crippen LogP contribution in [0.5, 0.6) is 0 Å². The van der Waals surface area contributed by atoms with Crippen LogP contribution >= 0.6 is 24.0 Å². The van der Waals surface area contributed by atoms with Crippen LogP contribution in [0.3, 0.4) is 0 Å². The van der Waals surface area contributed by atoms with E-state index in [0.717, 1.165) is 18.4 Å². The van der Waals surface area contributed by atoms with E-state index in [-0.39, 0.29) is 35.1 Å². The second-order valence-corrected chi connectivity index (χ2v) is 10.1. The molecule has 0 amide bonds. The summed E-state index contributed by atoms with van der Waals surface area (Å²) in [5.41, 5.74) is -0.120. The molecule has 1 saturated carbocycles. The van der Waals surface area contributed by atoms with E-state index in [1.165, 1.54) is 31.9 Å². The Hall–Kier alpha value is -0.0500. The molecule has 0 saturated heterocycles. The van der Waals surface area contributed by atoms with Crippen molar-refractivity contribution in [1.82, 2.24) is 10.6 Å². The van der Waals surface area contributed by atoms with Crippen LogP contribution in [0, 0.1) is 11.3 Å². The van der Waals surface area contributed by atoms with E-state index in [1.54, 1.807) is 0 Å². The van der Waals surface area contributed by atoms with Crippen molar-refractivity contribution in [2.75, 3.05) is 25.1 Å². The van der Waals surface area contributed by atoms with E-state index in [1.807, 2.05) is 0 Å². The maximum atomic E-state index is 11.4. The van der Waals surface area contributed by atoms with Gasteiger partial charge in [0.1, 0.15) is 9.84 Å². The minimum Gasteiger partial charge on any atom is -0.357 e. The van der Waals surface area contributed by atoms with E-state index in [4.69, 9.17) is 4.99 Å². The van der Waals surface area contributed by atoms with Gasteiger partial charge in [0.05, 0.1) is 5.75 Å².